The van der Waals surface area contributed by atoms with Gasteiger partial charge in [0.15, 0.2) is 0 Å². The predicted octanol–water partition coefficient (Wildman–Crippen LogP) is 2.68. The number of hydrogen-bond acceptors (Lipinski definition) is 5. The molecule has 2 amide bonds. The Labute approximate surface area is 155 Å². The van der Waals surface area contributed by atoms with Gasteiger partial charge in [0.25, 0.3) is 0 Å². The molecule has 2 rings (SSSR count). The Morgan fingerprint density at radius 3 is 2.58 bits per heavy atom. The summed E-state index contributed by atoms with van der Waals surface area (Å²) in [6.45, 7) is 13.8. The summed E-state index contributed by atoms with van der Waals surface area (Å²) in [5.74, 6) is 0.215. The van der Waals surface area contributed by atoms with Crippen LogP contribution < -0.4 is 5.32 Å². The van der Waals surface area contributed by atoms with Gasteiger partial charge in [0.2, 0.25) is 0 Å². The van der Waals surface area contributed by atoms with E-state index in [9.17, 15) is 14.7 Å². The number of rotatable bonds is 4. The molecule has 0 aromatic heterocycles. The standard InChI is InChI=1S/C19H32N2O5/c1-7-8-25-17(24)21-11-19(15(21)12(2)3)9-13(14(22)10-19)20-16(23)26-18(4,5)6/h7,12-15,22H,1,8-11H2,2-6H3,(H,20,23)/t13-,14-,15?,19?/m1/s1. The second kappa shape index (κ2) is 7.47. The second-order valence-corrected chi connectivity index (χ2v) is 8.77. The second-order valence-electron chi connectivity index (χ2n) is 8.77. The normalized spacial score (nSPS) is 30.9. The molecule has 1 saturated carbocycles. The van der Waals surface area contributed by atoms with Gasteiger partial charge in [-0.25, -0.2) is 9.59 Å². The largest absolute Gasteiger partial charge is 0.445 e. The summed E-state index contributed by atoms with van der Waals surface area (Å²) in [6, 6.07) is -0.405. The summed E-state index contributed by atoms with van der Waals surface area (Å²) in [7, 11) is 0. The van der Waals surface area contributed by atoms with Gasteiger partial charge in [-0.3, -0.25) is 0 Å². The minimum Gasteiger partial charge on any atom is -0.445 e. The summed E-state index contributed by atoms with van der Waals surface area (Å²) in [5.41, 5.74) is -0.797. The number of ether oxygens (including phenoxy) is 2. The number of nitrogens with one attached hydrogen (secondary N) is 1. The Balaban J connectivity index is 2.03. The summed E-state index contributed by atoms with van der Waals surface area (Å²) in [4.78, 5) is 26.0. The van der Waals surface area contributed by atoms with E-state index in [0.29, 0.717) is 19.4 Å². The number of nitrogens with zero attached hydrogens (tertiary/aromatic N) is 1. The maximum atomic E-state index is 12.2. The smallest absolute Gasteiger partial charge is 0.410 e. The lowest BCUT2D eigenvalue weighted by Gasteiger charge is -2.57. The average Bonchev–Trinajstić information content (AvgIpc) is 2.78. The first-order valence-corrected chi connectivity index (χ1v) is 9.21. The van der Waals surface area contributed by atoms with Gasteiger partial charge < -0.3 is 24.8 Å². The summed E-state index contributed by atoms with van der Waals surface area (Å²) < 4.78 is 10.5. The fourth-order valence-corrected chi connectivity index (χ4v) is 4.40. The predicted molar refractivity (Wildman–Crippen MR) is 97.7 cm³/mol. The van der Waals surface area contributed by atoms with E-state index in [1.165, 1.54) is 6.08 Å². The number of carbonyl (C=O) groups is 2. The summed E-state index contributed by atoms with van der Waals surface area (Å²) in [5, 5.41) is 13.3. The molecule has 26 heavy (non-hydrogen) atoms. The number of carbonyl (C=O) groups excluding carboxylic acids is 2. The lowest BCUT2D eigenvalue weighted by molar-refractivity contribution is -0.0854. The fraction of sp³-hybridized carbons (Fsp3) is 0.789. The zero-order valence-electron chi connectivity index (χ0n) is 16.4. The van der Waals surface area contributed by atoms with Gasteiger partial charge in [0.05, 0.1) is 12.1 Å². The fourth-order valence-electron chi connectivity index (χ4n) is 4.40. The van der Waals surface area contributed by atoms with Gasteiger partial charge in [0.1, 0.15) is 12.2 Å². The number of aliphatic hydroxyl groups is 1. The molecule has 1 aliphatic heterocycles. The third-order valence-electron chi connectivity index (χ3n) is 5.05. The minimum atomic E-state index is -0.657. The van der Waals surface area contributed by atoms with Crippen molar-refractivity contribution in [3.8, 4) is 0 Å². The van der Waals surface area contributed by atoms with E-state index in [-0.39, 0.29) is 36.1 Å². The molecular formula is C19H32N2O5. The highest BCUT2D eigenvalue weighted by molar-refractivity contribution is 5.70. The van der Waals surface area contributed by atoms with E-state index in [0.717, 1.165) is 0 Å². The van der Waals surface area contributed by atoms with Gasteiger partial charge in [0, 0.05) is 18.0 Å². The minimum absolute atomic E-state index is 0.0279. The maximum Gasteiger partial charge on any atom is 0.410 e. The Morgan fingerprint density at radius 2 is 2.04 bits per heavy atom. The molecule has 2 N–H and O–H groups in total. The summed E-state index contributed by atoms with van der Waals surface area (Å²) >= 11 is 0. The number of amides is 2. The van der Waals surface area contributed by atoms with Crippen LogP contribution in [0, 0.1) is 11.3 Å². The molecular weight excluding hydrogens is 336 g/mol. The van der Waals surface area contributed by atoms with Crippen LogP contribution in [0.1, 0.15) is 47.5 Å². The monoisotopic (exact) mass is 368 g/mol. The van der Waals surface area contributed by atoms with Gasteiger partial charge in [-0.1, -0.05) is 26.5 Å². The van der Waals surface area contributed by atoms with Crippen LogP contribution in [-0.4, -0.2) is 59.1 Å². The lowest BCUT2D eigenvalue weighted by Crippen LogP contribution is -2.67. The molecule has 1 spiro atoms. The highest BCUT2D eigenvalue weighted by atomic mass is 16.6. The van der Waals surface area contributed by atoms with Crippen molar-refractivity contribution in [2.24, 2.45) is 11.3 Å². The van der Waals surface area contributed by atoms with Crippen LogP contribution in [0.3, 0.4) is 0 Å². The Bertz CT molecular complexity index is 557. The van der Waals surface area contributed by atoms with Crippen LogP contribution in [0.5, 0.6) is 0 Å². The third-order valence-corrected chi connectivity index (χ3v) is 5.05. The average molecular weight is 368 g/mol. The van der Waals surface area contributed by atoms with Crippen LogP contribution in [-0.2, 0) is 9.47 Å². The lowest BCUT2D eigenvalue weighted by atomic mass is 9.66. The molecule has 2 unspecified atom stereocenters. The zero-order valence-corrected chi connectivity index (χ0v) is 16.4. The highest BCUT2D eigenvalue weighted by Gasteiger charge is 2.61. The molecule has 1 heterocycles. The Morgan fingerprint density at radius 1 is 1.38 bits per heavy atom. The quantitative estimate of drug-likeness (QED) is 0.745. The number of hydrogen-bond donors (Lipinski definition) is 2. The molecule has 2 fully saturated rings. The topological polar surface area (TPSA) is 88.1 Å². The van der Waals surface area contributed by atoms with Crippen LogP contribution in [0.25, 0.3) is 0 Å². The molecule has 0 radical (unpaired) electrons. The van der Waals surface area contributed by atoms with Crippen molar-refractivity contribution >= 4 is 12.2 Å². The van der Waals surface area contributed by atoms with E-state index >= 15 is 0 Å². The van der Waals surface area contributed by atoms with Crippen LogP contribution in [0.4, 0.5) is 9.59 Å². The van der Waals surface area contributed by atoms with Crippen LogP contribution in [0.2, 0.25) is 0 Å². The van der Waals surface area contributed by atoms with Crippen molar-refractivity contribution in [3.05, 3.63) is 12.7 Å². The van der Waals surface area contributed by atoms with E-state index in [1.54, 1.807) is 25.7 Å². The van der Waals surface area contributed by atoms with E-state index in [2.05, 4.69) is 25.7 Å². The van der Waals surface area contributed by atoms with Crippen molar-refractivity contribution in [2.45, 2.75) is 71.2 Å². The molecule has 0 aromatic rings. The first-order chi connectivity index (χ1) is 12.0. The first kappa shape index (κ1) is 20.6. The zero-order chi connectivity index (χ0) is 19.7. The van der Waals surface area contributed by atoms with E-state index in [4.69, 9.17) is 9.47 Å². The van der Waals surface area contributed by atoms with Crippen molar-refractivity contribution < 1.29 is 24.2 Å². The van der Waals surface area contributed by atoms with Crippen LogP contribution in [0.15, 0.2) is 12.7 Å². The maximum absolute atomic E-state index is 12.2. The summed E-state index contributed by atoms with van der Waals surface area (Å²) in [6.07, 6.45) is 1.16. The van der Waals surface area contributed by atoms with Gasteiger partial charge >= 0.3 is 12.2 Å². The Kier molecular flexibility index (Phi) is 5.90. The molecule has 0 bridgehead atoms. The number of aliphatic hydroxyl groups excluding tert-OH is 1. The van der Waals surface area contributed by atoms with Crippen molar-refractivity contribution in [2.75, 3.05) is 13.2 Å². The highest BCUT2D eigenvalue weighted by Crippen LogP contribution is 2.53. The van der Waals surface area contributed by atoms with Gasteiger partial charge in [-0.2, -0.15) is 0 Å². The van der Waals surface area contributed by atoms with Crippen molar-refractivity contribution in [1.29, 1.82) is 0 Å². The third kappa shape index (κ3) is 4.31. The molecule has 1 saturated heterocycles. The van der Waals surface area contributed by atoms with E-state index in [1.807, 2.05) is 0 Å². The SMILES string of the molecule is C=CCOC(=O)N1CC2(C[C@@H](O)[C@H](NC(=O)OC(C)(C)C)C2)C1C(C)C. The molecule has 7 nitrogen and oxygen atoms in total. The first-order valence-electron chi connectivity index (χ1n) is 9.21. The number of alkyl carbamates (subject to hydrolysis) is 1. The molecule has 7 heteroatoms. The number of likely N-dealkylation sites (tertiary alicyclic amines) is 1. The van der Waals surface area contributed by atoms with Gasteiger partial charge in [-0.15, -0.1) is 0 Å². The van der Waals surface area contributed by atoms with E-state index < -0.39 is 17.8 Å². The molecule has 2 aliphatic rings. The molecule has 0 aromatic carbocycles. The van der Waals surface area contributed by atoms with Gasteiger partial charge in [-0.05, 0) is 39.5 Å². The van der Waals surface area contributed by atoms with Crippen molar-refractivity contribution in [1.82, 2.24) is 10.2 Å². The van der Waals surface area contributed by atoms with Crippen LogP contribution >= 0.6 is 0 Å². The molecule has 4 atom stereocenters. The Hall–Kier alpha value is -1.76. The molecule has 148 valence electrons. The van der Waals surface area contributed by atoms with Crippen molar-refractivity contribution in [3.63, 3.8) is 0 Å². The molecule has 1 aliphatic carbocycles.